The van der Waals surface area contributed by atoms with E-state index in [0.29, 0.717) is 17.4 Å². The Hall–Kier alpha value is -1.77. The molecule has 0 rings (SSSR count). The lowest BCUT2D eigenvalue weighted by Crippen LogP contribution is -2.47. The highest BCUT2D eigenvalue weighted by Gasteiger charge is 2.27. The summed E-state index contributed by atoms with van der Waals surface area (Å²) in [6.07, 6.45) is 66.8. The van der Waals surface area contributed by atoms with Crippen LogP contribution in [0, 0.1) is 0 Å². The molecule has 1 N–H and O–H groups in total. The molecule has 0 radical (unpaired) electrons. The predicted octanol–water partition coefficient (Wildman–Crippen LogP) is 19.3. The molecule has 0 aromatic rings. The Morgan fingerprint density at radius 2 is 0.813 bits per heavy atom. The van der Waals surface area contributed by atoms with E-state index in [2.05, 4.69) is 50.4 Å². The van der Waals surface area contributed by atoms with E-state index in [-0.39, 0.29) is 31.5 Å². The number of carbonyl (C=O) groups excluding carboxylic acids is 2. The van der Waals surface area contributed by atoms with Crippen LogP contribution >= 0.6 is 7.82 Å². The largest absolute Gasteiger partial charge is 0.756 e. The fraction of sp³-hybridized carbons (Fsp3) is 0.877. The summed E-state index contributed by atoms with van der Waals surface area (Å²) >= 11 is 0. The number of allylic oxidation sites excluding steroid dienone is 5. The first kappa shape index (κ1) is 73.2. The molecule has 75 heavy (non-hydrogen) atoms. The van der Waals surface area contributed by atoms with Gasteiger partial charge in [0.2, 0.25) is 5.91 Å². The number of hydrogen-bond donors (Lipinski definition) is 1. The van der Waals surface area contributed by atoms with Crippen LogP contribution in [0.4, 0.5) is 0 Å². The van der Waals surface area contributed by atoms with Crippen LogP contribution in [0.1, 0.15) is 316 Å². The van der Waals surface area contributed by atoms with Crippen LogP contribution in [0.25, 0.3) is 0 Å². The van der Waals surface area contributed by atoms with Crippen molar-refractivity contribution >= 4 is 19.7 Å². The molecule has 0 fully saturated rings. The van der Waals surface area contributed by atoms with Gasteiger partial charge >= 0.3 is 5.97 Å². The topological polar surface area (TPSA) is 114 Å². The fourth-order valence-electron chi connectivity index (χ4n) is 9.55. The van der Waals surface area contributed by atoms with Crippen molar-refractivity contribution < 1.29 is 37.3 Å². The van der Waals surface area contributed by atoms with Crippen molar-refractivity contribution in [1.82, 2.24) is 5.32 Å². The molecule has 0 spiro atoms. The Bertz CT molecular complexity index is 1380. The highest BCUT2D eigenvalue weighted by atomic mass is 31.2. The molecule has 0 saturated carbocycles. The van der Waals surface area contributed by atoms with E-state index in [1.165, 1.54) is 205 Å². The van der Waals surface area contributed by atoms with Crippen LogP contribution in [-0.2, 0) is 27.9 Å². The minimum absolute atomic E-state index is 0.0213. The Morgan fingerprint density at radius 1 is 0.467 bits per heavy atom. The summed E-state index contributed by atoms with van der Waals surface area (Å²) in [5, 5.41) is 3.03. The van der Waals surface area contributed by atoms with Gasteiger partial charge in [0.15, 0.2) is 0 Å². The molecule has 3 atom stereocenters. The van der Waals surface area contributed by atoms with Gasteiger partial charge in [-0.1, -0.05) is 276 Å². The first-order valence-corrected chi connectivity index (χ1v) is 33.8. The fourth-order valence-corrected chi connectivity index (χ4v) is 10.3. The molecule has 9 nitrogen and oxygen atoms in total. The number of amides is 1. The molecule has 442 valence electrons. The minimum Gasteiger partial charge on any atom is -0.756 e. The number of likely N-dealkylation sites (N-methyl/N-ethyl adjacent to an activating group) is 1. The van der Waals surface area contributed by atoms with E-state index in [1.807, 2.05) is 33.3 Å². The van der Waals surface area contributed by atoms with Gasteiger partial charge in [-0.2, -0.15) is 0 Å². The number of quaternary nitrogens is 1. The molecule has 0 aromatic carbocycles. The summed E-state index contributed by atoms with van der Waals surface area (Å²) in [5.41, 5.74) is 0. The molecule has 0 aliphatic carbocycles. The molecule has 0 bridgehead atoms. The van der Waals surface area contributed by atoms with Gasteiger partial charge in [-0.05, 0) is 63.9 Å². The van der Waals surface area contributed by atoms with Gasteiger partial charge in [-0.15, -0.1) is 0 Å². The molecule has 3 unspecified atom stereocenters. The highest BCUT2D eigenvalue weighted by Crippen LogP contribution is 2.38. The van der Waals surface area contributed by atoms with Crippen LogP contribution in [0.15, 0.2) is 36.5 Å². The van der Waals surface area contributed by atoms with Crippen molar-refractivity contribution in [3.05, 3.63) is 36.5 Å². The van der Waals surface area contributed by atoms with Crippen LogP contribution in [-0.4, -0.2) is 69.4 Å². The quantitative estimate of drug-likeness (QED) is 0.0212. The van der Waals surface area contributed by atoms with Crippen molar-refractivity contribution in [3.8, 4) is 0 Å². The van der Waals surface area contributed by atoms with E-state index < -0.39 is 20.0 Å². The second-order valence-corrected chi connectivity index (χ2v) is 24.7. The third-order valence-electron chi connectivity index (χ3n) is 14.6. The number of carbonyl (C=O) groups is 2. The number of ether oxygens (including phenoxy) is 1. The number of phosphoric ester groups is 1. The van der Waals surface area contributed by atoms with Crippen molar-refractivity contribution in [2.24, 2.45) is 0 Å². The van der Waals surface area contributed by atoms with E-state index in [4.69, 9.17) is 13.8 Å². The van der Waals surface area contributed by atoms with E-state index >= 15 is 0 Å². The Kier molecular flexibility index (Phi) is 54.2. The smallest absolute Gasteiger partial charge is 0.306 e. The lowest BCUT2D eigenvalue weighted by molar-refractivity contribution is -0.870. The first-order valence-electron chi connectivity index (χ1n) is 32.3. The second-order valence-electron chi connectivity index (χ2n) is 23.3. The zero-order chi connectivity index (χ0) is 55.0. The first-order chi connectivity index (χ1) is 36.4. The summed E-state index contributed by atoms with van der Waals surface area (Å²) in [4.78, 5) is 40.0. The van der Waals surface area contributed by atoms with Crippen LogP contribution in [0.5, 0.6) is 0 Å². The third kappa shape index (κ3) is 56.8. The number of esters is 1. The van der Waals surface area contributed by atoms with Gasteiger partial charge < -0.3 is 28.5 Å². The Balaban J connectivity index is 5.14. The normalized spacial score (nSPS) is 13.9. The molecule has 0 aromatic heterocycles. The summed E-state index contributed by atoms with van der Waals surface area (Å²) < 4.78 is 30.3. The lowest BCUT2D eigenvalue weighted by atomic mass is 10.0. The maximum Gasteiger partial charge on any atom is 0.306 e. The molecular formula is C65H125N2O7P. The zero-order valence-corrected chi connectivity index (χ0v) is 51.4. The second kappa shape index (κ2) is 55.5. The standard InChI is InChI=1S/C65H125N2O7P/c1-7-10-13-16-19-22-25-27-29-31-32-33-34-36-37-39-42-45-48-51-54-57-64(68)66-62(61-73-75(70,71)72-60-59-67(4,5)6)63(56-53-50-47-44-41-24-21-18-15-12-9-3)74-65(69)58-55-52-49-46-43-40-38-35-30-28-26-23-20-17-14-11-8-2/h20,23,28,30,53,56,62-63H,7-19,21-22,24-27,29,31-52,54-55,57-61H2,1-6H3,(H-,66,68,70,71)/b23-20-,30-28-,56-53+. The molecule has 0 aliphatic rings. The van der Waals surface area contributed by atoms with Gasteiger partial charge in [0.25, 0.3) is 7.82 Å². The van der Waals surface area contributed by atoms with Gasteiger partial charge in [0, 0.05) is 12.8 Å². The number of nitrogens with zero attached hydrogens (tertiary/aromatic N) is 1. The van der Waals surface area contributed by atoms with Gasteiger partial charge in [-0.3, -0.25) is 14.2 Å². The maximum atomic E-state index is 13.5. The number of rotatable bonds is 59. The molecular weight excluding hydrogens is 952 g/mol. The molecule has 0 heterocycles. The van der Waals surface area contributed by atoms with Gasteiger partial charge in [0.1, 0.15) is 19.3 Å². The van der Waals surface area contributed by atoms with E-state index in [9.17, 15) is 19.0 Å². The van der Waals surface area contributed by atoms with Crippen LogP contribution < -0.4 is 10.2 Å². The Morgan fingerprint density at radius 3 is 1.23 bits per heavy atom. The zero-order valence-electron chi connectivity index (χ0n) is 50.5. The monoisotopic (exact) mass is 1080 g/mol. The van der Waals surface area contributed by atoms with E-state index in [0.717, 1.165) is 77.0 Å². The summed E-state index contributed by atoms with van der Waals surface area (Å²) in [7, 11) is 1.19. The Labute approximate surface area is 466 Å². The lowest BCUT2D eigenvalue weighted by Gasteiger charge is -2.30. The van der Waals surface area contributed by atoms with Crippen molar-refractivity contribution in [3.63, 3.8) is 0 Å². The summed E-state index contributed by atoms with van der Waals surface area (Å²) in [6, 6.07) is -0.887. The van der Waals surface area contributed by atoms with Crippen molar-refractivity contribution in [1.29, 1.82) is 0 Å². The van der Waals surface area contributed by atoms with E-state index in [1.54, 1.807) is 0 Å². The number of unbranched alkanes of at least 4 members (excludes halogenated alkanes) is 39. The highest BCUT2D eigenvalue weighted by molar-refractivity contribution is 7.45. The molecule has 1 amide bonds. The average Bonchev–Trinajstić information content (AvgIpc) is 3.37. The predicted molar refractivity (Wildman–Crippen MR) is 321 cm³/mol. The number of hydrogen-bond acceptors (Lipinski definition) is 7. The van der Waals surface area contributed by atoms with Crippen molar-refractivity contribution in [2.45, 2.75) is 328 Å². The van der Waals surface area contributed by atoms with Crippen LogP contribution in [0.3, 0.4) is 0 Å². The SMILES string of the molecule is CCCCC/C=C\C/C=C\CCCCCCCCCC(=O)OC(/C=C/CCCCCCCCCCC)C(COP(=O)([O-])OCC[N+](C)(C)C)NC(=O)CCCCCCCCCCCCCCCCCCCCCCC. The third-order valence-corrected chi connectivity index (χ3v) is 15.5. The number of nitrogens with one attached hydrogen (secondary N) is 1. The van der Waals surface area contributed by atoms with Crippen LogP contribution in [0.2, 0.25) is 0 Å². The minimum atomic E-state index is -4.70. The molecule has 0 saturated heterocycles. The molecule has 10 heteroatoms. The maximum absolute atomic E-state index is 13.5. The van der Waals surface area contributed by atoms with Crippen molar-refractivity contribution in [2.75, 3.05) is 40.9 Å². The number of phosphoric acid groups is 1. The van der Waals surface area contributed by atoms with Gasteiger partial charge in [-0.25, -0.2) is 0 Å². The average molecular weight is 1080 g/mol. The van der Waals surface area contributed by atoms with Gasteiger partial charge in [0.05, 0.1) is 33.8 Å². The summed E-state index contributed by atoms with van der Waals surface area (Å²) in [5.74, 6) is -0.536. The molecule has 0 aliphatic heterocycles. The summed E-state index contributed by atoms with van der Waals surface area (Å²) in [6.45, 7) is 6.85.